The van der Waals surface area contributed by atoms with Crippen LogP contribution in [0.1, 0.15) is 5.56 Å². The molecule has 3 rings (SSSR count). The molecule has 0 aliphatic rings. The Morgan fingerprint density at radius 2 is 1.79 bits per heavy atom. The first-order valence-corrected chi connectivity index (χ1v) is 5.60. The lowest BCUT2D eigenvalue weighted by Gasteiger charge is -2.02. The van der Waals surface area contributed by atoms with Gasteiger partial charge in [-0.3, -0.25) is 0 Å². The Hall–Kier alpha value is -1.34. The van der Waals surface area contributed by atoms with Gasteiger partial charge in [-0.05, 0) is 46.2 Å². The average molecular weight is 198 g/mol. The molecule has 0 unspecified atom stereocenters. The van der Waals surface area contributed by atoms with Gasteiger partial charge in [0.2, 0.25) is 0 Å². The van der Waals surface area contributed by atoms with E-state index >= 15 is 0 Å². The van der Waals surface area contributed by atoms with Gasteiger partial charge >= 0.3 is 0 Å². The highest BCUT2D eigenvalue weighted by Gasteiger charge is 2.03. The van der Waals surface area contributed by atoms with E-state index in [1.165, 1.54) is 26.4 Å². The number of hydrogen-bond donors (Lipinski definition) is 0. The van der Waals surface area contributed by atoms with Crippen LogP contribution in [-0.4, -0.2) is 0 Å². The maximum absolute atomic E-state index is 2.27. The van der Waals surface area contributed by atoms with Gasteiger partial charge in [0.1, 0.15) is 0 Å². The molecule has 3 aromatic rings. The van der Waals surface area contributed by atoms with Gasteiger partial charge in [0, 0.05) is 4.70 Å². The molecule has 68 valence electrons. The fourth-order valence-electron chi connectivity index (χ4n) is 1.99. The predicted octanol–water partition coefficient (Wildman–Crippen LogP) is 4.36. The normalized spacial score (nSPS) is 11.2. The molecule has 0 amide bonds. The minimum absolute atomic E-state index is 1.37. The highest BCUT2D eigenvalue weighted by Crippen LogP contribution is 2.31. The molecule has 0 N–H and O–H groups in total. The van der Waals surface area contributed by atoms with E-state index in [1.807, 2.05) is 11.3 Å². The van der Waals surface area contributed by atoms with Crippen LogP contribution in [0.4, 0.5) is 0 Å². The van der Waals surface area contributed by atoms with Crippen LogP contribution in [0, 0.1) is 6.92 Å². The third-order valence-corrected chi connectivity index (χ3v) is 3.63. The summed E-state index contributed by atoms with van der Waals surface area (Å²) in [6.45, 7) is 2.18. The third-order valence-electron chi connectivity index (χ3n) is 2.66. The van der Waals surface area contributed by atoms with Crippen molar-refractivity contribution in [3.63, 3.8) is 0 Å². The van der Waals surface area contributed by atoms with E-state index in [1.54, 1.807) is 0 Å². The molecule has 1 heterocycles. The van der Waals surface area contributed by atoms with E-state index in [2.05, 4.69) is 48.7 Å². The summed E-state index contributed by atoms with van der Waals surface area (Å²) in [6.07, 6.45) is 0. The van der Waals surface area contributed by atoms with Crippen LogP contribution in [0.5, 0.6) is 0 Å². The van der Waals surface area contributed by atoms with Gasteiger partial charge in [0.15, 0.2) is 0 Å². The molecule has 0 atom stereocenters. The van der Waals surface area contributed by atoms with E-state index in [-0.39, 0.29) is 0 Å². The lowest BCUT2D eigenvalue weighted by Crippen LogP contribution is -1.77. The zero-order valence-electron chi connectivity index (χ0n) is 7.95. The number of benzene rings is 2. The summed E-state index contributed by atoms with van der Waals surface area (Å²) < 4.78 is 1.41. The molecule has 0 saturated carbocycles. The van der Waals surface area contributed by atoms with Gasteiger partial charge in [0.25, 0.3) is 0 Å². The Morgan fingerprint density at radius 1 is 1.00 bits per heavy atom. The Morgan fingerprint density at radius 3 is 2.64 bits per heavy atom. The fourth-order valence-corrected chi connectivity index (χ4v) is 2.91. The average Bonchev–Trinajstić information content (AvgIpc) is 2.66. The summed E-state index contributed by atoms with van der Waals surface area (Å²) in [5.74, 6) is 0. The molecule has 0 fully saturated rings. The quantitative estimate of drug-likeness (QED) is 0.503. The minimum atomic E-state index is 1.37. The largest absolute Gasteiger partial charge is 0.143 e. The summed E-state index contributed by atoms with van der Waals surface area (Å²) in [7, 11) is 0. The number of hydrogen-bond acceptors (Lipinski definition) is 1. The molecule has 0 radical (unpaired) electrons. The zero-order chi connectivity index (χ0) is 9.54. The van der Waals surface area contributed by atoms with Gasteiger partial charge in [-0.25, -0.2) is 0 Å². The van der Waals surface area contributed by atoms with Gasteiger partial charge in [-0.15, -0.1) is 11.3 Å². The topological polar surface area (TPSA) is 0 Å². The molecule has 0 nitrogen and oxygen atoms in total. The van der Waals surface area contributed by atoms with Gasteiger partial charge in [0.05, 0.1) is 0 Å². The monoisotopic (exact) mass is 198 g/mol. The molecule has 2 aromatic carbocycles. The van der Waals surface area contributed by atoms with Crippen molar-refractivity contribution >= 4 is 32.2 Å². The first kappa shape index (κ1) is 8.01. The molecule has 14 heavy (non-hydrogen) atoms. The van der Waals surface area contributed by atoms with Crippen LogP contribution in [0.15, 0.2) is 41.8 Å². The van der Waals surface area contributed by atoms with Crippen molar-refractivity contribution in [2.24, 2.45) is 0 Å². The Balaban J connectivity index is 2.67. The number of rotatable bonds is 0. The Kier molecular flexibility index (Phi) is 1.62. The lowest BCUT2D eigenvalue weighted by molar-refractivity contribution is 1.56. The van der Waals surface area contributed by atoms with Gasteiger partial charge in [-0.1, -0.05) is 24.3 Å². The molecule has 1 aromatic heterocycles. The first-order chi connectivity index (χ1) is 6.86. The molecule has 1 heteroatoms. The SMILES string of the molecule is Cc1cc2ccsc2c2ccccc12. The van der Waals surface area contributed by atoms with E-state index in [4.69, 9.17) is 0 Å². The standard InChI is InChI=1S/C13H10S/c1-9-8-10-6-7-14-13(10)12-5-3-2-4-11(9)12/h2-8H,1H3. The number of fused-ring (bicyclic) bond motifs is 3. The van der Waals surface area contributed by atoms with Crippen molar-refractivity contribution in [3.8, 4) is 0 Å². The summed E-state index contributed by atoms with van der Waals surface area (Å²) in [5, 5.41) is 6.29. The Labute approximate surface area is 86.8 Å². The van der Waals surface area contributed by atoms with Crippen LogP contribution >= 0.6 is 11.3 Å². The molecular weight excluding hydrogens is 188 g/mol. The van der Waals surface area contributed by atoms with Gasteiger partial charge < -0.3 is 0 Å². The van der Waals surface area contributed by atoms with Crippen LogP contribution in [0.25, 0.3) is 20.9 Å². The van der Waals surface area contributed by atoms with Crippen LogP contribution in [-0.2, 0) is 0 Å². The van der Waals surface area contributed by atoms with Gasteiger partial charge in [-0.2, -0.15) is 0 Å². The first-order valence-electron chi connectivity index (χ1n) is 4.72. The van der Waals surface area contributed by atoms with Crippen molar-refractivity contribution in [3.05, 3.63) is 47.3 Å². The summed E-state index contributed by atoms with van der Waals surface area (Å²) in [5.41, 5.74) is 1.37. The maximum Gasteiger partial charge on any atom is 0.0421 e. The van der Waals surface area contributed by atoms with Crippen molar-refractivity contribution in [2.75, 3.05) is 0 Å². The summed E-state index contributed by atoms with van der Waals surface area (Å²) in [6, 6.07) is 13.1. The van der Waals surface area contributed by atoms with Crippen LogP contribution in [0.3, 0.4) is 0 Å². The Bertz CT molecular complexity index is 605. The molecule has 0 aliphatic carbocycles. The molecule has 0 saturated heterocycles. The summed E-state index contributed by atoms with van der Waals surface area (Å²) >= 11 is 1.83. The second-order valence-electron chi connectivity index (χ2n) is 3.58. The van der Waals surface area contributed by atoms with Crippen molar-refractivity contribution in [1.82, 2.24) is 0 Å². The molecule has 0 spiro atoms. The second-order valence-corrected chi connectivity index (χ2v) is 4.49. The molecular formula is C13H10S. The second kappa shape index (κ2) is 2.82. The molecule has 0 bridgehead atoms. The highest BCUT2D eigenvalue weighted by atomic mass is 32.1. The lowest BCUT2D eigenvalue weighted by atomic mass is 10.0. The molecule has 0 aliphatic heterocycles. The smallest absolute Gasteiger partial charge is 0.0421 e. The number of aryl methyl sites for hydroxylation is 1. The van der Waals surface area contributed by atoms with E-state index < -0.39 is 0 Å². The summed E-state index contributed by atoms with van der Waals surface area (Å²) in [4.78, 5) is 0. The van der Waals surface area contributed by atoms with E-state index in [9.17, 15) is 0 Å². The van der Waals surface area contributed by atoms with Crippen molar-refractivity contribution in [1.29, 1.82) is 0 Å². The van der Waals surface area contributed by atoms with E-state index in [0.29, 0.717) is 0 Å². The van der Waals surface area contributed by atoms with Crippen LogP contribution in [0.2, 0.25) is 0 Å². The minimum Gasteiger partial charge on any atom is -0.143 e. The number of thiophene rings is 1. The predicted molar refractivity (Wildman–Crippen MR) is 64.1 cm³/mol. The maximum atomic E-state index is 2.27. The van der Waals surface area contributed by atoms with Crippen LogP contribution < -0.4 is 0 Å². The van der Waals surface area contributed by atoms with E-state index in [0.717, 1.165) is 0 Å². The zero-order valence-corrected chi connectivity index (χ0v) is 8.77. The third kappa shape index (κ3) is 0.992. The van der Waals surface area contributed by atoms with Crippen molar-refractivity contribution in [2.45, 2.75) is 6.92 Å². The highest BCUT2D eigenvalue weighted by molar-refractivity contribution is 7.18. The fraction of sp³-hybridized carbons (Fsp3) is 0.0769. The van der Waals surface area contributed by atoms with Crippen molar-refractivity contribution < 1.29 is 0 Å².